The molecule has 3 nitrogen and oxygen atoms in total. The molecule has 0 radical (unpaired) electrons. The Bertz CT molecular complexity index is 841. The van der Waals surface area contributed by atoms with Gasteiger partial charge >= 0.3 is 0 Å². The number of rotatable bonds is 2. The van der Waals surface area contributed by atoms with Crippen molar-refractivity contribution in [1.82, 2.24) is 9.88 Å². The van der Waals surface area contributed by atoms with Crippen LogP contribution in [-0.4, -0.2) is 29.9 Å². The molecule has 110 valence electrons. The molecule has 0 saturated carbocycles. The summed E-state index contributed by atoms with van der Waals surface area (Å²) in [6.45, 7) is 0. The number of amides is 1. The molecule has 0 aliphatic carbocycles. The Labute approximate surface area is 134 Å². The monoisotopic (exact) mass is 310 g/mol. The summed E-state index contributed by atoms with van der Waals surface area (Å²) in [5.74, 6) is -0.0335. The number of pyridine rings is 1. The van der Waals surface area contributed by atoms with Gasteiger partial charge in [0.2, 0.25) is 0 Å². The summed E-state index contributed by atoms with van der Waals surface area (Å²) in [5.41, 5.74) is 3.16. The zero-order valence-corrected chi connectivity index (χ0v) is 13.1. The Balaban J connectivity index is 2.24. The van der Waals surface area contributed by atoms with Crippen molar-refractivity contribution in [3.8, 4) is 11.3 Å². The second-order valence-electron chi connectivity index (χ2n) is 5.28. The maximum atomic E-state index is 12.5. The van der Waals surface area contributed by atoms with Gasteiger partial charge in [-0.15, -0.1) is 0 Å². The van der Waals surface area contributed by atoms with Crippen LogP contribution in [0.5, 0.6) is 0 Å². The summed E-state index contributed by atoms with van der Waals surface area (Å²) >= 11 is 5.94. The Morgan fingerprint density at radius 3 is 2.41 bits per heavy atom. The number of nitrogens with zero attached hydrogens (tertiary/aromatic N) is 2. The van der Waals surface area contributed by atoms with E-state index in [-0.39, 0.29) is 5.91 Å². The fraction of sp³-hybridized carbons (Fsp3) is 0.111. The fourth-order valence-corrected chi connectivity index (χ4v) is 2.49. The summed E-state index contributed by atoms with van der Waals surface area (Å²) in [4.78, 5) is 18.7. The van der Waals surface area contributed by atoms with Crippen molar-refractivity contribution in [3.63, 3.8) is 0 Å². The first-order valence-electron chi connectivity index (χ1n) is 6.93. The molecule has 0 bridgehead atoms. The Morgan fingerprint density at radius 2 is 1.73 bits per heavy atom. The summed E-state index contributed by atoms with van der Waals surface area (Å²) in [5, 5.41) is 1.54. The lowest BCUT2D eigenvalue weighted by Crippen LogP contribution is -2.22. The number of benzene rings is 2. The lowest BCUT2D eigenvalue weighted by Gasteiger charge is -2.14. The van der Waals surface area contributed by atoms with E-state index in [4.69, 9.17) is 11.6 Å². The van der Waals surface area contributed by atoms with Gasteiger partial charge in [-0.05, 0) is 24.3 Å². The van der Waals surface area contributed by atoms with E-state index in [2.05, 4.69) is 4.98 Å². The molecule has 0 atom stereocenters. The van der Waals surface area contributed by atoms with Gasteiger partial charge in [-0.25, -0.2) is 4.98 Å². The highest BCUT2D eigenvalue weighted by Gasteiger charge is 2.15. The SMILES string of the molecule is CN(C)C(=O)c1cc(-c2ccc(Cl)cc2)nc2ccccc12. The summed E-state index contributed by atoms with van der Waals surface area (Å²) in [6, 6.07) is 17.0. The van der Waals surface area contributed by atoms with Gasteiger partial charge in [0, 0.05) is 30.1 Å². The van der Waals surface area contributed by atoms with Crippen LogP contribution >= 0.6 is 11.6 Å². The number of aromatic nitrogens is 1. The Hall–Kier alpha value is -2.39. The van der Waals surface area contributed by atoms with Crippen molar-refractivity contribution in [1.29, 1.82) is 0 Å². The van der Waals surface area contributed by atoms with Crippen molar-refractivity contribution in [3.05, 3.63) is 65.2 Å². The molecule has 0 aliphatic rings. The van der Waals surface area contributed by atoms with E-state index in [0.29, 0.717) is 10.6 Å². The molecule has 3 aromatic rings. The van der Waals surface area contributed by atoms with Gasteiger partial charge in [-0.3, -0.25) is 4.79 Å². The molecule has 1 heterocycles. The topological polar surface area (TPSA) is 33.2 Å². The van der Waals surface area contributed by atoms with Crippen LogP contribution in [-0.2, 0) is 0 Å². The van der Waals surface area contributed by atoms with Crippen molar-refractivity contribution in [2.75, 3.05) is 14.1 Å². The highest BCUT2D eigenvalue weighted by molar-refractivity contribution is 6.30. The number of hydrogen-bond donors (Lipinski definition) is 0. The summed E-state index contributed by atoms with van der Waals surface area (Å²) in [6.07, 6.45) is 0. The smallest absolute Gasteiger partial charge is 0.254 e. The predicted octanol–water partition coefficient (Wildman–Crippen LogP) is 4.26. The van der Waals surface area contributed by atoms with Gasteiger partial charge in [0.1, 0.15) is 0 Å². The maximum absolute atomic E-state index is 12.5. The zero-order chi connectivity index (χ0) is 15.7. The number of halogens is 1. The van der Waals surface area contributed by atoms with Crippen LogP contribution in [0.1, 0.15) is 10.4 Å². The van der Waals surface area contributed by atoms with E-state index in [1.807, 2.05) is 54.6 Å². The standard InChI is InChI=1S/C18H15ClN2O/c1-21(2)18(22)15-11-17(12-7-9-13(19)10-8-12)20-16-6-4-3-5-14(15)16/h3-11H,1-2H3. The maximum Gasteiger partial charge on any atom is 0.254 e. The zero-order valence-electron chi connectivity index (χ0n) is 12.4. The minimum atomic E-state index is -0.0335. The summed E-state index contributed by atoms with van der Waals surface area (Å²) in [7, 11) is 3.50. The van der Waals surface area contributed by atoms with Crippen LogP contribution in [0.4, 0.5) is 0 Å². The number of fused-ring (bicyclic) bond motifs is 1. The summed E-state index contributed by atoms with van der Waals surface area (Å²) < 4.78 is 0. The van der Waals surface area contributed by atoms with E-state index in [0.717, 1.165) is 22.2 Å². The molecule has 0 spiro atoms. The predicted molar refractivity (Wildman–Crippen MR) is 90.2 cm³/mol. The third-order valence-corrected chi connectivity index (χ3v) is 3.74. The van der Waals surface area contributed by atoms with E-state index >= 15 is 0 Å². The van der Waals surface area contributed by atoms with Crippen LogP contribution in [0.25, 0.3) is 22.2 Å². The normalized spacial score (nSPS) is 10.7. The van der Waals surface area contributed by atoms with E-state index in [9.17, 15) is 4.79 Å². The highest BCUT2D eigenvalue weighted by atomic mass is 35.5. The molecule has 0 N–H and O–H groups in total. The molecule has 22 heavy (non-hydrogen) atoms. The van der Waals surface area contributed by atoms with Crippen LogP contribution in [0.3, 0.4) is 0 Å². The molecule has 0 saturated heterocycles. The Morgan fingerprint density at radius 1 is 1.05 bits per heavy atom. The van der Waals surface area contributed by atoms with Crippen molar-refractivity contribution in [2.45, 2.75) is 0 Å². The van der Waals surface area contributed by atoms with Crippen LogP contribution in [0, 0.1) is 0 Å². The largest absolute Gasteiger partial charge is 0.345 e. The van der Waals surface area contributed by atoms with Crippen LogP contribution in [0.15, 0.2) is 54.6 Å². The third-order valence-electron chi connectivity index (χ3n) is 3.49. The first kappa shape index (κ1) is 14.5. The van der Waals surface area contributed by atoms with Crippen molar-refractivity contribution >= 4 is 28.4 Å². The lowest BCUT2D eigenvalue weighted by molar-refractivity contribution is 0.0829. The average Bonchev–Trinajstić information content (AvgIpc) is 2.53. The number of para-hydroxylation sites is 1. The van der Waals surface area contributed by atoms with Crippen LogP contribution in [0.2, 0.25) is 5.02 Å². The molecule has 0 fully saturated rings. The van der Waals surface area contributed by atoms with Crippen LogP contribution < -0.4 is 0 Å². The van der Waals surface area contributed by atoms with Crippen molar-refractivity contribution in [2.24, 2.45) is 0 Å². The Kier molecular flexibility index (Phi) is 3.82. The number of carbonyl (C=O) groups excluding carboxylic acids is 1. The fourth-order valence-electron chi connectivity index (χ4n) is 2.36. The number of hydrogen-bond acceptors (Lipinski definition) is 2. The van der Waals surface area contributed by atoms with E-state index in [1.54, 1.807) is 19.0 Å². The van der Waals surface area contributed by atoms with Gasteiger partial charge in [0.25, 0.3) is 5.91 Å². The van der Waals surface area contributed by atoms with Gasteiger partial charge in [-0.1, -0.05) is 41.9 Å². The van der Waals surface area contributed by atoms with E-state index < -0.39 is 0 Å². The minimum absolute atomic E-state index is 0.0335. The second kappa shape index (κ2) is 5.78. The average molecular weight is 311 g/mol. The quantitative estimate of drug-likeness (QED) is 0.708. The molecule has 0 aliphatic heterocycles. The first-order chi connectivity index (χ1) is 10.6. The second-order valence-corrected chi connectivity index (χ2v) is 5.72. The van der Waals surface area contributed by atoms with Gasteiger partial charge in [0.05, 0.1) is 16.8 Å². The molecular formula is C18H15ClN2O. The van der Waals surface area contributed by atoms with Crippen molar-refractivity contribution < 1.29 is 4.79 Å². The molecule has 2 aromatic carbocycles. The molecular weight excluding hydrogens is 296 g/mol. The molecule has 1 amide bonds. The number of carbonyl (C=O) groups is 1. The third kappa shape index (κ3) is 2.68. The van der Waals surface area contributed by atoms with Gasteiger partial charge in [-0.2, -0.15) is 0 Å². The van der Waals surface area contributed by atoms with E-state index in [1.165, 1.54) is 0 Å². The van der Waals surface area contributed by atoms with Gasteiger partial charge < -0.3 is 4.90 Å². The highest BCUT2D eigenvalue weighted by Crippen LogP contribution is 2.26. The van der Waals surface area contributed by atoms with Gasteiger partial charge in [0.15, 0.2) is 0 Å². The molecule has 1 aromatic heterocycles. The lowest BCUT2D eigenvalue weighted by atomic mass is 10.0. The minimum Gasteiger partial charge on any atom is -0.345 e. The molecule has 3 rings (SSSR count). The first-order valence-corrected chi connectivity index (χ1v) is 7.31. The molecule has 4 heteroatoms. The molecule has 0 unspecified atom stereocenters.